The number of nitrogen functional groups attached to an aromatic ring is 1. The van der Waals surface area contributed by atoms with Crippen molar-refractivity contribution in [2.75, 3.05) is 5.73 Å². The number of aromatic nitrogens is 4. The number of hydrogen-bond acceptors (Lipinski definition) is 3. The first-order valence-electron chi connectivity index (χ1n) is 6.18. The van der Waals surface area contributed by atoms with E-state index in [1.807, 2.05) is 17.1 Å². The van der Waals surface area contributed by atoms with Gasteiger partial charge in [0, 0.05) is 11.6 Å². The van der Waals surface area contributed by atoms with Crippen LogP contribution in [0.15, 0.2) is 18.9 Å². The molecule has 0 aliphatic rings. The van der Waals surface area contributed by atoms with Gasteiger partial charge in [-0.05, 0) is 34.6 Å². The highest BCUT2D eigenvalue weighted by Gasteiger charge is 2.21. The van der Waals surface area contributed by atoms with Crippen LogP contribution in [0.1, 0.15) is 40.7 Å². The van der Waals surface area contributed by atoms with Crippen LogP contribution >= 0.6 is 0 Å². The first-order chi connectivity index (χ1) is 8.32. The molecule has 98 valence electrons. The lowest BCUT2D eigenvalue weighted by atomic mass is 10.1. The summed E-state index contributed by atoms with van der Waals surface area (Å²) in [6.45, 7) is 10.5. The molecule has 0 saturated carbocycles. The maximum atomic E-state index is 6.21. The molecule has 2 N–H and O–H groups in total. The molecule has 0 bridgehead atoms. The molecule has 0 aliphatic heterocycles. The second kappa shape index (κ2) is 4.15. The van der Waals surface area contributed by atoms with Crippen LogP contribution in [0.2, 0.25) is 0 Å². The highest BCUT2D eigenvalue weighted by atomic mass is 15.2. The normalized spacial score (nSPS) is 12.3. The Hall–Kier alpha value is -1.78. The van der Waals surface area contributed by atoms with E-state index in [-0.39, 0.29) is 5.54 Å². The van der Waals surface area contributed by atoms with Crippen molar-refractivity contribution in [3.05, 3.63) is 18.9 Å². The molecule has 2 heterocycles. The van der Waals surface area contributed by atoms with Gasteiger partial charge in [0.25, 0.3) is 0 Å². The van der Waals surface area contributed by atoms with Crippen molar-refractivity contribution in [3.63, 3.8) is 0 Å². The quantitative estimate of drug-likeness (QED) is 0.887. The summed E-state index contributed by atoms with van der Waals surface area (Å²) in [5.41, 5.74) is 7.90. The average molecular weight is 247 g/mol. The Labute approximate surface area is 108 Å². The number of hydrogen-bond donors (Lipinski definition) is 1. The third kappa shape index (κ3) is 2.00. The molecule has 0 fully saturated rings. The van der Waals surface area contributed by atoms with Crippen molar-refractivity contribution >= 4 is 5.82 Å². The van der Waals surface area contributed by atoms with Crippen LogP contribution in [0.3, 0.4) is 0 Å². The maximum absolute atomic E-state index is 6.21. The molecule has 5 heteroatoms. The van der Waals surface area contributed by atoms with Crippen LogP contribution in [-0.4, -0.2) is 19.1 Å². The summed E-state index contributed by atoms with van der Waals surface area (Å²) >= 11 is 0. The molecule has 2 aromatic heterocycles. The van der Waals surface area contributed by atoms with Gasteiger partial charge in [-0.3, -0.25) is 0 Å². The number of nitrogens with two attached hydrogens (primary N) is 1. The Kier molecular flexibility index (Phi) is 2.92. The van der Waals surface area contributed by atoms with E-state index in [9.17, 15) is 0 Å². The molecule has 0 aromatic carbocycles. The Bertz CT molecular complexity index is 542. The average Bonchev–Trinajstić information content (AvgIpc) is 2.81. The van der Waals surface area contributed by atoms with Crippen molar-refractivity contribution in [3.8, 4) is 11.4 Å². The first kappa shape index (κ1) is 12.7. The van der Waals surface area contributed by atoms with Gasteiger partial charge in [-0.15, -0.1) is 0 Å². The predicted octanol–water partition coefficient (Wildman–Crippen LogP) is 2.66. The van der Waals surface area contributed by atoms with Crippen molar-refractivity contribution in [1.82, 2.24) is 19.1 Å². The molecule has 18 heavy (non-hydrogen) atoms. The molecule has 0 aliphatic carbocycles. The van der Waals surface area contributed by atoms with Crippen molar-refractivity contribution in [2.24, 2.45) is 0 Å². The lowest BCUT2D eigenvalue weighted by molar-refractivity contribution is 0.402. The second-order valence-corrected chi connectivity index (χ2v) is 5.80. The SMILES string of the molecule is CC(C)n1cncc1-c1ncn(C(C)(C)C)c1N. The van der Waals surface area contributed by atoms with Gasteiger partial charge in [0.2, 0.25) is 0 Å². The zero-order chi connectivity index (χ0) is 13.5. The van der Waals surface area contributed by atoms with Crippen LogP contribution in [0.25, 0.3) is 11.4 Å². The third-order valence-corrected chi connectivity index (χ3v) is 2.99. The number of nitrogens with zero attached hydrogens (tertiary/aromatic N) is 4. The zero-order valence-electron chi connectivity index (χ0n) is 11.7. The summed E-state index contributed by atoms with van der Waals surface area (Å²) in [6.07, 6.45) is 5.42. The number of anilines is 1. The largest absolute Gasteiger partial charge is 0.383 e. The summed E-state index contributed by atoms with van der Waals surface area (Å²) in [6, 6.07) is 0.335. The van der Waals surface area contributed by atoms with Crippen LogP contribution in [0, 0.1) is 0 Å². The van der Waals surface area contributed by atoms with Gasteiger partial charge in [-0.2, -0.15) is 0 Å². The Balaban J connectivity index is 2.53. The fourth-order valence-corrected chi connectivity index (χ4v) is 1.99. The van der Waals surface area contributed by atoms with E-state index < -0.39 is 0 Å². The molecular formula is C13H21N5. The van der Waals surface area contributed by atoms with E-state index in [0.29, 0.717) is 11.9 Å². The van der Waals surface area contributed by atoms with Gasteiger partial charge >= 0.3 is 0 Å². The van der Waals surface area contributed by atoms with Gasteiger partial charge < -0.3 is 14.9 Å². The monoisotopic (exact) mass is 247 g/mol. The topological polar surface area (TPSA) is 61.7 Å². The molecular weight excluding hydrogens is 226 g/mol. The van der Waals surface area contributed by atoms with Gasteiger partial charge in [0.05, 0.1) is 24.5 Å². The van der Waals surface area contributed by atoms with Crippen LogP contribution in [0.5, 0.6) is 0 Å². The Morgan fingerprint density at radius 3 is 2.39 bits per heavy atom. The summed E-state index contributed by atoms with van der Waals surface area (Å²) in [5.74, 6) is 0.685. The molecule has 0 spiro atoms. The van der Waals surface area contributed by atoms with E-state index >= 15 is 0 Å². The van der Waals surface area contributed by atoms with Gasteiger partial charge in [0.1, 0.15) is 11.5 Å². The van der Waals surface area contributed by atoms with Crippen molar-refractivity contribution in [2.45, 2.75) is 46.2 Å². The fourth-order valence-electron chi connectivity index (χ4n) is 1.99. The summed E-state index contributed by atoms with van der Waals surface area (Å²) in [5, 5.41) is 0. The minimum atomic E-state index is -0.0714. The third-order valence-electron chi connectivity index (χ3n) is 2.99. The van der Waals surface area contributed by atoms with E-state index in [1.165, 1.54) is 0 Å². The number of imidazole rings is 2. The summed E-state index contributed by atoms with van der Waals surface area (Å²) in [7, 11) is 0. The predicted molar refractivity (Wildman–Crippen MR) is 73.2 cm³/mol. The van der Waals surface area contributed by atoms with Gasteiger partial charge in [-0.1, -0.05) is 0 Å². The molecule has 2 rings (SSSR count). The minimum Gasteiger partial charge on any atom is -0.383 e. The molecule has 2 aromatic rings. The summed E-state index contributed by atoms with van der Waals surface area (Å²) < 4.78 is 4.06. The lowest BCUT2D eigenvalue weighted by Gasteiger charge is -2.22. The first-order valence-corrected chi connectivity index (χ1v) is 6.18. The van der Waals surface area contributed by atoms with Gasteiger partial charge in [-0.25, -0.2) is 9.97 Å². The lowest BCUT2D eigenvalue weighted by Crippen LogP contribution is -2.22. The second-order valence-electron chi connectivity index (χ2n) is 5.80. The van der Waals surface area contributed by atoms with E-state index in [0.717, 1.165) is 11.4 Å². The van der Waals surface area contributed by atoms with Crippen molar-refractivity contribution in [1.29, 1.82) is 0 Å². The molecule has 0 unspecified atom stereocenters. The molecule has 0 saturated heterocycles. The van der Waals surface area contributed by atoms with Crippen molar-refractivity contribution < 1.29 is 0 Å². The smallest absolute Gasteiger partial charge is 0.133 e. The molecule has 0 amide bonds. The van der Waals surface area contributed by atoms with Crippen LogP contribution in [0.4, 0.5) is 5.82 Å². The van der Waals surface area contributed by atoms with Crippen LogP contribution < -0.4 is 5.73 Å². The molecule has 5 nitrogen and oxygen atoms in total. The van der Waals surface area contributed by atoms with E-state index in [1.54, 1.807) is 6.33 Å². The highest BCUT2D eigenvalue weighted by molar-refractivity contribution is 5.67. The van der Waals surface area contributed by atoms with E-state index in [2.05, 4.69) is 49.2 Å². The van der Waals surface area contributed by atoms with Gasteiger partial charge in [0.15, 0.2) is 0 Å². The Morgan fingerprint density at radius 2 is 1.89 bits per heavy atom. The standard InChI is InChI=1S/C13H21N5/c1-9(2)17-7-15-6-10(17)11-12(14)18(8-16-11)13(3,4)5/h6-9H,14H2,1-5H3. The zero-order valence-corrected chi connectivity index (χ0v) is 11.7. The highest BCUT2D eigenvalue weighted by Crippen LogP contribution is 2.29. The summed E-state index contributed by atoms with van der Waals surface area (Å²) in [4.78, 5) is 8.64. The fraction of sp³-hybridized carbons (Fsp3) is 0.538. The Morgan fingerprint density at radius 1 is 1.22 bits per heavy atom. The van der Waals surface area contributed by atoms with Crippen LogP contribution in [-0.2, 0) is 5.54 Å². The minimum absolute atomic E-state index is 0.0714. The molecule has 0 atom stereocenters. The number of rotatable bonds is 2. The molecule has 0 radical (unpaired) electrons. The van der Waals surface area contributed by atoms with E-state index in [4.69, 9.17) is 5.73 Å². The maximum Gasteiger partial charge on any atom is 0.133 e.